The molecule has 0 saturated heterocycles. The van der Waals surface area contributed by atoms with Gasteiger partial charge in [0.2, 0.25) is 5.91 Å². The molecule has 0 spiro atoms. The standard InChI is InChI=1S/C30H32N2O5/c1-20(2)16-27(29(35)32(18-28(33)34)17-21-10-4-3-5-11-21)31-30(36)37-19-26-24-14-8-6-12-22(24)23-13-7-9-15-25(23)26/h3-15,20,26-27H,16-19H2,1-2H3,(H,31,36)(H,33,34)/t27-/m0/s1. The van der Waals surface area contributed by atoms with Crippen molar-refractivity contribution in [1.29, 1.82) is 0 Å². The molecular weight excluding hydrogens is 468 g/mol. The Labute approximate surface area is 217 Å². The molecular formula is C30H32N2O5. The summed E-state index contributed by atoms with van der Waals surface area (Å²) in [5, 5.41) is 12.1. The lowest BCUT2D eigenvalue weighted by Crippen LogP contribution is -2.50. The summed E-state index contributed by atoms with van der Waals surface area (Å²) in [6.45, 7) is 3.68. The van der Waals surface area contributed by atoms with Crippen LogP contribution in [0.5, 0.6) is 0 Å². The van der Waals surface area contributed by atoms with Crippen LogP contribution >= 0.6 is 0 Å². The molecule has 1 aliphatic carbocycles. The zero-order chi connectivity index (χ0) is 26.4. The molecule has 0 unspecified atom stereocenters. The lowest BCUT2D eigenvalue weighted by molar-refractivity contribution is -0.145. The lowest BCUT2D eigenvalue weighted by Gasteiger charge is -2.28. The van der Waals surface area contributed by atoms with Crippen LogP contribution in [0.3, 0.4) is 0 Å². The molecule has 0 aliphatic heterocycles. The fraction of sp³-hybridized carbons (Fsp3) is 0.300. The Bertz CT molecular complexity index is 1210. The molecule has 192 valence electrons. The van der Waals surface area contributed by atoms with E-state index in [-0.39, 0.29) is 25.0 Å². The first-order valence-electron chi connectivity index (χ1n) is 12.5. The van der Waals surface area contributed by atoms with Crippen molar-refractivity contribution in [1.82, 2.24) is 10.2 Å². The van der Waals surface area contributed by atoms with E-state index in [9.17, 15) is 19.5 Å². The van der Waals surface area contributed by atoms with Crippen molar-refractivity contribution in [3.63, 3.8) is 0 Å². The maximum Gasteiger partial charge on any atom is 0.407 e. The number of hydrogen-bond acceptors (Lipinski definition) is 4. The maximum atomic E-state index is 13.4. The largest absolute Gasteiger partial charge is 0.480 e. The van der Waals surface area contributed by atoms with E-state index in [1.54, 1.807) is 0 Å². The predicted octanol–water partition coefficient (Wildman–Crippen LogP) is 5.05. The van der Waals surface area contributed by atoms with Crippen LogP contribution in [0.4, 0.5) is 4.79 Å². The fourth-order valence-corrected chi connectivity index (χ4v) is 4.87. The van der Waals surface area contributed by atoms with Crippen molar-refractivity contribution in [2.75, 3.05) is 13.2 Å². The average molecular weight is 501 g/mol. The van der Waals surface area contributed by atoms with Gasteiger partial charge in [0.25, 0.3) is 0 Å². The molecule has 3 aromatic carbocycles. The second-order valence-corrected chi connectivity index (χ2v) is 9.73. The van der Waals surface area contributed by atoms with Crippen LogP contribution in [0.1, 0.15) is 42.9 Å². The molecule has 0 bridgehead atoms. The summed E-state index contributed by atoms with van der Waals surface area (Å²) in [6.07, 6.45) is -0.343. The van der Waals surface area contributed by atoms with E-state index in [4.69, 9.17) is 4.74 Å². The highest BCUT2D eigenvalue weighted by Gasteiger charge is 2.31. The Balaban J connectivity index is 1.46. The smallest absolute Gasteiger partial charge is 0.407 e. The molecule has 0 aromatic heterocycles. The first-order valence-corrected chi connectivity index (χ1v) is 12.5. The van der Waals surface area contributed by atoms with E-state index < -0.39 is 30.6 Å². The second-order valence-electron chi connectivity index (χ2n) is 9.73. The molecule has 7 nitrogen and oxygen atoms in total. The predicted molar refractivity (Wildman–Crippen MR) is 141 cm³/mol. The number of rotatable bonds is 10. The Morgan fingerprint density at radius 1 is 0.892 bits per heavy atom. The zero-order valence-corrected chi connectivity index (χ0v) is 21.1. The Kier molecular flexibility index (Phi) is 8.23. The number of carbonyl (C=O) groups excluding carboxylic acids is 2. The third kappa shape index (κ3) is 6.36. The molecule has 0 fully saturated rings. The molecule has 2 N–H and O–H groups in total. The molecule has 3 aromatic rings. The average Bonchev–Trinajstić information content (AvgIpc) is 3.20. The first kappa shape index (κ1) is 25.9. The molecule has 1 aliphatic rings. The Hall–Kier alpha value is -4.13. The molecule has 1 atom stereocenters. The van der Waals surface area contributed by atoms with Crippen LogP contribution < -0.4 is 5.32 Å². The second kappa shape index (κ2) is 11.7. The number of ether oxygens (including phenoxy) is 1. The molecule has 4 rings (SSSR count). The summed E-state index contributed by atoms with van der Waals surface area (Å²) in [5.41, 5.74) is 5.26. The number of nitrogens with zero attached hydrogens (tertiary/aromatic N) is 1. The summed E-state index contributed by atoms with van der Waals surface area (Å²) in [7, 11) is 0. The molecule has 0 heterocycles. The van der Waals surface area contributed by atoms with Gasteiger partial charge in [-0.3, -0.25) is 9.59 Å². The summed E-state index contributed by atoms with van der Waals surface area (Å²) in [5.74, 6) is -1.58. The van der Waals surface area contributed by atoms with Crippen molar-refractivity contribution in [3.8, 4) is 11.1 Å². The summed E-state index contributed by atoms with van der Waals surface area (Å²) in [6, 6.07) is 24.4. The normalized spacial score (nSPS) is 12.9. The number of aliphatic carboxylic acids is 1. The highest BCUT2D eigenvalue weighted by atomic mass is 16.5. The van der Waals surface area contributed by atoms with E-state index in [2.05, 4.69) is 17.4 Å². The van der Waals surface area contributed by atoms with E-state index in [1.807, 2.05) is 80.6 Å². The van der Waals surface area contributed by atoms with E-state index >= 15 is 0 Å². The SMILES string of the molecule is CC(C)C[C@H](NC(=O)OCC1c2ccccc2-c2ccccc21)C(=O)N(CC(=O)O)Cc1ccccc1. The molecule has 0 saturated carbocycles. The van der Waals surface area contributed by atoms with Crippen LogP contribution in [0.2, 0.25) is 0 Å². The number of nitrogens with one attached hydrogen (secondary N) is 1. The molecule has 0 radical (unpaired) electrons. The van der Waals surface area contributed by atoms with Gasteiger partial charge in [-0.1, -0.05) is 92.7 Å². The van der Waals surface area contributed by atoms with Crippen LogP contribution in [0.15, 0.2) is 78.9 Å². The van der Waals surface area contributed by atoms with Crippen molar-refractivity contribution >= 4 is 18.0 Å². The molecule has 37 heavy (non-hydrogen) atoms. The van der Waals surface area contributed by atoms with Crippen molar-refractivity contribution in [2.45, 2.75) is 38.8 Å². The number of carbonyl (C=O) groups is 3. The van der Waals surface area contributed by atoms with E-state index in [1.165, 1.54) is 4.90 Å². The zero-order valence-electron chi connectivity index (χ0n) is 21.1. The van der Waals surface area contributed by atoms with Gasteiger partial charge in [0, 0.05) is 12.5 Å². The summed E-state index contributed by atoms with van der Waals surface area (Å²) >= 11 is 0. The monoisotopic (exact) mass is 500 g/mol. The number of alkyl carbamates (subject to hydrolysis) is 1. The number of hydrogen-bond donors (Lipinski definition) is 2. The third-order valence-electron chi connectivity index (χ3n) is 6.50. The van der Waals surface area contributed by atoms with Crippen LogP contribution in [-0.4, -0.2) is 47.2 Å². The Morgan fingerprint density at radius 3 is 2.03 bits per heavy atom. The first-order chi connectivity index (χ1) is 17.8. The van der Waals surface area contributed by atoms with Crippen molar-refractivity contribution < 1.29 is 24.2 Å². The topological polar surface area (TPSA) is 95.9 Å². The van der Waals surface area contributed by atoms with Gasteiger partial charge in [0.1, 0.15) is 19.2 Å². The number of amides is 2. The minimum Gasteiger partial charge on any atom is -0.480 e. The lowest BCUT2D eigenvalue weighted by atomic mass is 9.98. The number of carboxylic acid groups (broad SMARTS) is 1. The van der Waals surface area contributed by atoms with Crippen molar-refractivity contribution in [2.24, 2.45) is 5.92 Å². The minimum absolute atomic E-state index is 0.0891. The van der Waals surface area contributed by atoms with Gasteiger partial charge >= 0.3 is 12.1 Å². The number of fused-ring (bicyclic) bond motifs is 3. The van der Waals surface area contributed by atoms with Gasteiger partial charge in [-0.15, -0.1) is 0 Å². The number of benzene rings is 3. The van der Waals surface area contributed by atoms with Gasteiger partial charge in [-0.05, 0) is 40.2 Å². The van der Waals surface area contributed by atoms with Crippen LogP contribution in [-0.2, 0) is 20.9 Å². The van der Waals surface area contributed by atoms with Gasteiger partial charge in [0.15, 0.2) is 0 Å². The number of carboxylic acids is 1. The Morgan fingerprint density at radius 2 is 1.46 bits per heavy atom. The van der Waals surface area contributed by atoms with Gasteiger partial charge in [-0.2, -0.15) is 0 Å². The molecule has 2 amide bonds. The van der Waals surface area contributed by atoms with E-state index in [0.29, 0.717) is 6.42 Å². The third-order valence-corrected chi connectivity index (χ3v) is 6.50. The summed E-state index contributed by atoms with van der Waals surface area (Å²) in [4.78, 5) is 39.1. The summed E-state index contributed by atoms with van der Waals surface area (Å²) < 4.78 is 5.64. The van der Waals surface area contributed by atoms with Crippen LogP contribution in [0, 0.1) is 5.92 Å². The van der Waals surface area contributed by atoms with Crippen molar-refractivity contribution in [3.05, 3.63) is 95.6 Å². The highest BCUT2D eigenvalue weighted by Crippen LogP contribution is 2.44. The van der Waals surface area contributed by atoms with E-state index in [0.717, 1.165) is 27.8 Å². The van der Waals surface area contributed by atoms with Gasteiger partial charge in [-0.25, -0.2) is 4.79 Å². The minimum atomic E-state index is -1.12. The highest BCUT2D eigenvalue weighted by molar-refractivity contribution is 5.88. The van der Waals surface area contributed by atoms with Crippen LogP contribution in [0.25, 0.3) is 11.1 Å². The van der Waals surface area contributed by atoms with Gasteiger partial charge in [0.05, 0.1) is 0 Å². The fourth-order valence-electron chi connectivity index (χ4n) is 4.87. The molecule has 7 heteroatoms. The maximum absolute atomic E-state index is 13.4. The van der Waals surface area contributed by atoms with Gasteiger partial charge < -0.3 is 20.1 Å². The quantitative estimate of drug-likeness (QED) is 0.406.